The van der Waals surface area contributed by atoms with E-state index >= 15 is 0 Å². The molecule has 0 aliphatic rings. The number of nitrogens with zero attached hydrogens (tertiary/aromatic N) is 2. The molecule has 0 spiro atoms. The summed E-state index contributed by atoms with van der Waals surface area (Å²) in [5.74, 6) is -1.51. The molecule has 0 aromatic carbocycles. The number of nitriles is 1. The van der Waals surface area contributed by atoms with E-state index in [4.69, 9.17) is 22.0 Å². The molecule has 0 saturated carbocycles. The first-order chi connectivity index (χ1) is 8.01. The molecule has 1 heterocycles. The van der Waals surface area contributed by atoms with Gasteiger partial charge in [-0.15, -0.1) is 11.6 Å². The second kappa shape index (κ2) is 5.55. The molecule has 0 unspecified atom stereocenters. The number of carboxylic acids is 1. The number of alkyl halides is 3. The summed E-state index contributed by atoms with van der Waals surface area (Å²) >= 11 is 5.52. The number of pyridine rings is 1. The predicted molar refractivity (Wildman–Crippen MR) is 54.8 cm³/mol. The number of carbonyl (C=O) groups is 1. The Balaban J connectivity index is 3.42. The van der Waals surface area contributed by atoms with Gasteiger partial charge in [0.25, 0.3) is 6.43 Å². The minimum absolute atomic E-state index is 0.0400. The summed E-state index contributed by atoms with van der Waals surface area (Å²) in [7, 11) is 0. The van der Waals surface area contributed by atoms with E-state index in [0.717, 1.165) is 6.20 Å². The van der Waals surface area contributed by atoms with E-state index in [1.807, 2.05) is 0 Å². The number of aliphatic carboxylic acids is 1. The second-order valence-electron chi connectivity index (χ2n) is 3.13. The normalized spacial score (nSPS) is 10.3. The fourth-order valence-corrected chi connectivity index (χ4v) is 1.69. The van der Waals surface area contributed by atoms with Crippen molar-refractivity contribution in [1.82, 2.24) is 4.98 Å². The molecule has 90 valence electrons. The van der Waals surface area contributed by atoms with Crippen molar-refractivity contribution in [2.24, 2.45) is 0 Å². The molecule has 4 nitrogen and oxygen atoms in total. The van der Waals surface area contributed by atoms with Crippen LogP contribution in [0.15, 0.2) is 6.20 Å². The van der Waals surface area contributed by atoms with E-state index in [9.17, 15) is 13.6 Å². The van der Waals surface area contributed by atoms with Gasteiger partial charge in [-0.05, 0) is 5.56 Å². The predicted octanol–water partition coefficient (Wildman–Crippen LogP) is 2.26. The maximum Gasteiger partial charge on any atom is 0.309 e. The third-order valence-electron chi connectivity index (χ3n) is 2.10. The molecule has 0 aliphatic carbocycles. The van der Waals surface area contributed by atoms with Gasteiger partial charge in [-0.3, -0.25) is 9.78 Å². The molecule has 1 aromatic rings. The molecular weight excluding hydrogens is 254 g/mol. The standard InChI is InChI=1S/C10H7ClF2N2O2/c11-2-6-7(1-8(16)17)15-4-5(3-14)9(6)10(12)13/h4,10H,1-2H2,(H,16,17). The molecule has 0 bridgehead atoms. The van der Waals surface area contributed by atoms with Gasteiger partial charge in [0.15, 0.2) is 0 Å². The highest BCUT2D eigenvalue weighted by Crippen LogP contribution is 2.29. The van der Waals surface area contributed by atoms with Gasteiger partial charge in [-0.2, -0.15) is 5.26 Å². The van der Waals surface area contributed by atoms with E-state index in [2.05, 4.69) is 4.98 Å². The van der Waals surface area contributed by atoms with E-state index < -0.39 is 24.4 Å². The van der Waals surface area contributed by atoms with Crippen molar-refractivity contribution in [1.29, 1.82) is 5.26 Å². The van der Waals surface area contributed by atoms with Crippen LogP contribution in [0, 0.1) is 11.3 Å². The number of aromatic nitrogens is 1. The van der Waals surface area contributed by atoms with Gasteiger partial charge >= 0.3 is 5.97 Å². The van der Waals surface area contributed by atoms with Crippen LogP contribution in [0.3, 0.4) is 0 Å². The van der Waals surface area contributed by atoms with Crippen molar-refractivity contribution >= 4 is 17.6 Å². The van der Waals surface area contributed by atoms with Crippen LogP contribution < -0.4 is 0 Å². The summed E-state index contributed by atoms with van der Waals surface area (Å²) in [6.45, 7) is 0. The molecular formula is C10H7ClF2N2O2. The summed E-state index contributed by atoms with van der Waals surface area (Å²) in [6.07, 6.45) is -2.46. The lowest BCUT2D eigenvalue weighted by molar-refractivity contribution is -0.136. The second-order valence-corrected chi connectivity index (χ2v) is 3.39. The van der Waals surface area contributed by atoms with E-state index in [0.29, 0.717) is 0 Å². The highest BCUT2D eigenvalue weighted by Gasteiger charge is 2.22. The Morgan fingerprint density at radius 2 is 2.29 bits per heavy atom. The molecule has 0 aliphatic heterocycles. The van der Waals surface area contributed by atoms with Crippen LogP contribution in [0.1, 0.15) is 28.8 Å². The highest BCUT2D eigenvalue weighted by atomic mass is 35.5. The van der Waals surface area contributed by atoms with Crippen LogP contribution in [-0.4, -0.2) is 16.1 Å². The number of hydrogen-bond donors (Lipinski definition) is 1. The van der Waals surface area contributed by atoms with Gasteiger partial charge in [0.2, 0.25) is 0 Å². The van der Waals surface area contributed by atoms with Crippen LogP contribution in [-0.2, 0) is 17.1 Å². The number of rotatable bonds is 4. The monoisotopic (exact) mass is 260 g/mol. The summed E-state index contributed by atoms with van der Waals surface area (Å²) in [5, 5.41) is 17.3. The number of carboxylic acid groups (broad SMARTS) is 1. The van der Waals surface area contributed by atoms with Crippen molar-refractivity contribution in [3.05, 3.63) is 28.6 Å². The Morgan fingerprint density at radius 3 is 2.71 bits per heavy atom. The zero-order valence-corrected chi connectivity index (χ0v) is 9.21. The minimum atomic E-state index is -2.89. The van der Waals surface area contributed by atoms with Crippen LogP contribution in [0.5, 0.6) is 0 Å². The Morgan fingerprint density at radius 1 is 1.65 bits per heavy atom. The van der Waals surface area contributed by atoms with Gasteiger partial charge in [-0.25, -0.2) is 8.78 Å². The Kier molecular flexibility index (Phi) is 4.35. The number of hydrogen-bond acceptors (Lipinski definition) is 3. The van der Waals surface area contributed by atoms with Crippen LogP contribution >= 0.6 is 11.6 Å². The lowest BCUT2D eigenvalue weighted by Gasteiger charge is -2.11. The number of halogens is 3. The average molecular weight is 261 g/mol. The zero-order valence-electron chi connectivity index (χ0n) is 8.45. The van der Waals surface area contributed by atoms with Gasteiger partial charge in [0.05, 0.1) is 17.7 Å². The van der Waals surface area contributed by atoms with Crippen molar-refractivity contribution in [2.75, 3.05) is 0 Å². The molecule has 17 heavy (non-hydrogen) atoms. The molecule has 0 atom stereocenters. The first-order valence-electron chi connectivity index (χ1n) is 4.47. The van der Waals surface area contributed by atoms with E-state index in [-0.39, 0.29) is 22.7 Å². The summed E-state index contributed by atoms with van der Waals surface area (Å²) in [6, 6.07) is 1.58. The first kappa shape index (κ1) is 13.3. The molecule has 0 fully saturated rings. The SMILES string of the molecule is N#Cc1cnc(CC(=O)O)c(CCl)c1C(F)F. The first-order valence-corrected chi connectivity index (χ1v) is 5.01. The molecule has 1 rings (SSSR count). The van der Waals surface area contributed by atoms with E-state index in [1.54, 1.807) is 6.07 Å². The van der Waals surface area contributed by atoms with Crippen LogP contribution in [0.25, 0.3) is 0 Å². The van der Waals surface area contributed by atoms with Crippen molar-refractivity contribution in [3.63, 3.8) is 0 Å². The summed E-state index contributed by atoms with van der Waals surface area (Å²) in [4.78, 5) is 14.2. The third kappa shape index (κ3) is 2.88. The maximum atomic E-state index is 12.8. The molecule has 1 N–H and O–H groups in total. The Hall–Kier alpha value is -1.74. The van der Waals surface area contributed by atoms with Crippen molar-refractivity contribution in [3.8, 4) is 6.07 Å². The molecule has 7 heteroatoms. The smallest absolute Gasteiger partial charge is 0.309 e. The maximum absolute atomic E-state index is 12.8. The van der Waals surface area contributed by atoms with Gasteiger partial charge < -0.3 is 5.11 Å². The summed E-state index contributed by atoms with van der Waals surface area (Å²) in [5.41, 5.74) is -0.941. The average Bonchev–Trinajstić information content (AvgIpc) is 2.27. The lowest BCUT2D eigenvalue weighted by Crippen LogP contribution is -2.09. The highest BCUT2D eigenvalue weighted by molar-refractivity contribution is 6.17. The molecule has 0 saturated heterocycles. The lowest BCUT2D eigenvalue weighted by atomic mass is 10.0. The fourth-order valence-electron chi connectivity index (χ4n) is 1.39. The fraction of sp³-hybridized carbons (Fsp3) is 0.300. The van der Waals surface area contributed by atoms with Crippen LogP contribution in [0.4, 0.5) is 8.78 Å². The topological polar surface area (TPSA) is 74.0 Å². The molecule has 0 radical (unpaired) electrons. The largest absolute Gasteiger partial charge is 0.481 e. The van der Waals surface area contributed by atoms with Crippen molar-refractivity contribution in [2.45, 2.75) is 18.7 Å². The van der Waals surface area contributed by atoms with Crippen molar-refractivity contribution < 1.29 is 18.7 Å². The third-order valence-corrected chi connectivity index (χ3v) is 2.37. The Labute approximate surface area is 100 Å². The van der Waals surface area contributed by atoms with Gasteiger partial charge in [-0.1, -0.05) is 0 Å². The van der Waals surface area contributed by atoms with E-state index in [1.165, 1.54) is 0 Å². The molecule has 1 aromatic heterocycles. The minimum Gasteiger partial charge on any atom is -0.481 e. The zero-order chi connectivity index (χ0) is 13.0. The molecule has 0 amide bonds. The summed E-state index contributed by atoms with van der Waals surface area (Å²) < 4.78 is 25.6. The van der Waals surface area contributed by atoms with Gasteiger partial charge in [0.1, 0.15) is 6.07 Å². The van der Waals surface area contributed by atoms with Gasteiger partial charge in [0, 0.05) is 17.6 Å². The van der Waals surface area contributed by atoms with Crippen LogP contribution in [0.2, 0.25) is 0 Å². The Bertz CT molecular complexity index is 486. The quantitative estimate of drug-likeness (QED) is 0.843.